The van der Waals surface area contributed by atoms with Crippen molar-refractivity contribution in [2.45, 2.75) is 269 Å². The molecule has 0 radical (unpaired) electrons. The van der Waals surface area contributed by atoms with Gasteiger partial charge in [-0.05, 0) is 188 Å². The van der Waals surface area contributed by atoms with E-state index in [0.29, 0.717) is 38.4 Å². The van der Waals surface area contributed by atoms with Crippen molar-refractivity contribution in [2.24, 2.45) is 0 Å². The quantitative estimate of drug-likeness (QED) is 0.0849. The van der Waals surface area contributed by atoms with Crippen LogP contribution in [-0.2, 0) is 19.1 Å². The number of unbranched alkanes of at least 4 members (excludes halogenated alkanes) is 3. The summed E-state index contributed by atoms with van der Waals surface area (Å²) in [6, 6.07) is 0.930. The molecule has 12 heteroatoms. The first-order chi connectivity index (χ1) is 28.4. The lowest BCUT2D eigenvalue weighted by atomic mass is 9.76. The number of aliphatic hydroxyl groups is 2. The minimum absolute atomic E-state index is 0.0366. The molecular formula is C50H100N6O6. The largest absolute Gasteiger partial charge is 0.389 e. The van der Waals surface area contributed by atoms with Gasteiger partial charge in [0.25, 0.3) is 0 Å². The zero-order valence-electron chi connectivity index (χ0n) is 43.5. The van der Waals surface area contributed by atoms with Crippen molar-refractivity contribution in [2.75, 3.05) is 53.6 Å². The summed E-state index contributed by atoms with van der Waals surface area (Å²) in [6.45, 7) is 40.5. The summed E-state index contributed by atoms with van der Waals surface area (Å²) in [5.74, 6) is 0. The molecule has 4 heterocycles. The van der Waals surface area contributed by atoms with Crippen LogP contribution in [0.15, 0.2) is 0 Å². The second-order valence-corrected chi connectivity index (χ2v) is 25.2. The Hall–Kier alpha value is -0.480. The summed E-state index contributed by atoms with van der Waals surface area (Å²) < 4.78 is 12.8. The molecule has 4 saturated heterocycles. The SMILES string of the molecule is CON1C(C)(C)CC(OCC(O)CN2C(C)(C)CC(NCCCCCCNC3CC(C)(C)N(CC(O)COC4CC(C)(C)N(OC)C(C)(C)C4)C(C)(C)C3)CC2(C)C)CC1(C)C. The molecule has 4 aliphatic heterocycles. The molecule has 0 aromatic rings. The normalized spacial score (nSPS) is 28.3. The van der Waals surface area contributed by atoms with Crippen molar-refractivity contribution in [3.8, 4) is 0 Å². The van der Waals surface area contributed by atoms with Crippen molar-refractivity contribution in [3.05, 3.63) is 0 Å². The van der Waals surface area contributed by atoms with Gasteiger partial charge in [-0.1, -0.05) is 12.8 Å². The lowest BCUT2D eigenvalue weighted by Crippen LogP contribution is -2.65. The molecule has 0 amide bonds. The Labute approximate surface area is 381 Å². The van der Waals surface area contributed by atoms with E-state index in [2.05, 4.69) is 141 Å². The average molecular weight is 881 g/mol. The van der Waals surface area contributed by atoms with Gasteiger partial charge in [0.15, 0.2) is 0 Å². The molecule has 4 N–H and O–H groups in total. The number of hydrogen-bond donors (Lipinski definition) is 4. The molecule has 4 rings (SSSR count). The van der Waals surface area contributed by atoms with Crippen molar-refractivity contribution in [1.82, 2.24) is 30.6 Å². The molecule has 366 valence electrons. The monoisotopic (exact) mass is 881 g/mol. The highest BCUT2D eigenvalue weighted by Gasteiger charge is 2.50. The molecular weight excluding hydrogens is 781 g/mol. The van der Waals surface area contributed by atoms with Gasteiger partial charge in [-0.15, -0.1) is 0 Å². The fourth-order valence-corrected chi connectivity index (χ4v) is 13.7. The minimum Gasteiger partial charge on any atom is -0.389 e. The van der Waals surface area contributed by atoms with E-state index in [4.69, 9.17) is 19.1 Å². The van der Waals surface area contributed by atoms with Gasteiger partial charge in [-0.2, -0.15) is 10.1 Å². The maximum atomic E-state index is 11.3. The van der Waals surface area contributed by atoms with Crippen LogP contribution in [0.5, 0.6) is 0 Å². The van der Waals surface area contributed by atoms with Gasteiger partial charge in [-0.25, -0.2) is 0 Å². The summed E-state index contributed by atoms with van der Waals surface area (Å²) in [4.78, 5) is 16.6. The third kappa shape index (κ3) is 14.0. The van der Waals surface area contributed by atoms with E-state index in [-0.39, 0.29) is 56.5 Å². The fourth-order valence-electron chi connectivity index (χ4n) is 13.7. The smallest absolute Gasteiger partial charge is 0.0900 e. The van der Waals surface area contributed by atoms with Crippen molar-refractivity contribution in [1.29, 1.82) is 0 Å². The summed E-state index contributed by atoms with van der Waals surface area (Å²) >= 11 is 0. The maximum Gasteiger partial charge on any atom is 0.0900 e. The van der Waals surface area contributed by atoms with Crippen LogP contribution in [0.3, 0.4) is 0 Å². The van der Waals surface area contributed by atoms with E-state index in [9.17, 15) is 10.2 Å². The summed E-state index contributed by atoms with van der Waals surface area (Å²) in [5, 5.41) is 34.6. The third-order valence-corrected chi connectivity index (χ3v) is 15.2. The molecule has 12 nitrogen and oxygen atoms in total. The predicted molar refractivity (Wildman–Crippen MR) is 254 cm³/mol. The first-order valence-electron chi connectivity index (χ1n) is 24.7. The van der Waals surface area contributed by atoms with Gasteiger partial charge >= 0.3 is 0 Å². The number of aliphatic hydroxyl groups excluding tert-OH is 2. The first-order valence-corrected chi connectivity index (χ1v) is 24.7. The molecule has 0 aromatic heterocycles. The molecule has 2 atom stereocenters. The number of nitrogens with one attached hydrogen (secondary N) is 2. The number of rotatable bonds is 21. The first kappa shape index (κ1) is 54.1. The summed E-state index contributed by atoms with van der Waals surface area (Å²) in [6.07, 6.45) is 11.7. The number of hydroxylamine groups is 4. The molecule has 0 bridgehead atoms. The highest BCUT2D eigenvalue weighted by Crippen LogP contribution is 2.43. The predicted octanol–water partition coefficient (Wildman–Crippen LogP) is 7.69. The molecule has 0 saturated carbocycles. The van der Waals surface area contributed by atoms with Crippen LogP contribution in [0.25, 0.3) is 0 Å². The van der Waals surface area contributed by atoms with E-state index in [1.807, 2.05) is 0 Å². The Morgan fingerprint density at radius 2 is 0.710 bits per heavy atom. The van der Waals surface area contributed by atoms with Gasteiger partial charge in [0, 0.05) is 69.5 Å². The number of β-amino-alcohol motifs (C(OH)–C–C–N with tert-alkyl or cyclic N) is 2. The molecule has 0 aliphatic carbocycles. The van der Waals surface area contributed by atoms with Crippen LogP contribution in [0.1, 0.15) is 188 Å². The Morgan fingerprint density at radius 1 is 0.435 bits per heavy atom. The number of hydrogen-bond acceptors (Lipinski definition) is 12. The van der Waals surface area contributed by atoms with E-state index >= 15 is 0 Å². The number of ether oxygens (including phenoxy) is 2. The molecule has 4 aliphatic rings. The number of piperidine rings is 4. The van der Waals surface area contributed by atoms with Gasteiger partial charge in [0.2, 0.25) is 0 Å². The average Bonchev–Trinajstić information content (AvgIpc) is 3.08. The molecule has 0 spiro atoms. The summed E-state index contributed by atoms with van der Waals surface area (Å²) in [5.41, 5.74) is -0.700. The van der Waals surface area contributed by atoms with Crippen LogP contribution in [0.4, 0.5) is 0 Å². The molecule has 2 unspecified atom stereocenters. The minimum atomic E-state index is -0.535. The van der Waals surface area contributed by atoms with Crippen molar-refractivity contribution >= 4 is 0 Å². The number of likely N-dealkylation sites (tertiary alicyclic amines) is 2. The standard InChI is InChI=1S/C50H100N6O6/c1-43(2)25-37(26-44(3,4)53(43)33-39(57)35-61-41-29-47(9,10)55(59-17)48(11,12)30-41)51-23-21-19-20-22-24-52-38-27-45(5,6)54(46(7,8)28-38)34-40(58)36-62-42-31-49(13,14)56(60-18)50(15,16)32-42/h37-42,51-52,57-58H,19-36H2,1-18H3. The third-order valence-electron chi connectivity index (χ3n) is 15.2. The van der Waals surface area contributed by atoms with Gasteiger partial charge in [-0.3, -0.25) is 9.80 Å². The fraction of sp³-hybridized carbons (Fsp3) is 1.00. The van der Waals surface area contributed by atoms with Gasteiger partial charge < -0.3 is 40.0 Å². The second kappa shape index (κ2) is 20.8. The van der Waals surface area contributed by atoms with Gasteiger partial charge in [0.1, 0.15) is 0 Å². The van der Waals surface area contributed by atoms with E-state index in [1.54, 1.807) is 14.2 Å². The second-order valence-electron chi connectivity index (χ2n) is 25.2. The van der Waals surface area contributed by atoms with Crippen LogP contribution < -0.4 is 10.6 Å². The zero-order valence-corrected chi connectivity index (χ0v) is 43.5. The van der Waals surface area contributed by atoms with E-state index < -0.39 is 12.2 Å². The van der Waals surface area contributed by atoms with Crippen molar-refractivity contribution in [3.63, 3.8) is 0 Å². The topological polar surface area (TPSA) is 114 Å². The highest BCUT2D eigenvalue weighted by atomic mass is 16.7. The van der Waals surface area contributed by atoms with E-state index in [1.165, 1.54) is 25.7 Å². The van der Waals surface area contributed by atoms with Crippen molar-refractivity contribution < 1.29 is 29.4 Å². The Kier molecular flexibility index (Phi) is 18.2. The summed E-state index contributed by atoms with van der Waals surface area (Å²) in [7, 11) is 3.51. The van der Waals surface area contributed by atoms with Crippen LogP contribution in [0, 0.1) is 0 Å². The molecule has 4 fully saturated rings. The molecule has 62 heavy (non-hydrogen) atoms. The van der Waals surface area contributed by atoms with Gasteiger partial charge in [0.05, 0.1) is 51.8 Å². The zero-order chi connectivity index (χ0) is 46.7. The maximum absolute atomic E-state index is 11.3. The highest BCUT2D eigenvalue weighted by molar-refractivity contribution is 5.05. The Morgan fingerprint density at radius 3 is 0.968 bits per heavy atom. The lowest BCUT2D eigenvalue weighted by Gasteiger charge is -2.56. The van der Waals surface area contributed by atoms with Crippen LogP contribution >= 0.6 is 0 Å². The van der Waals surface area contributed by atoms with E-state index in [0.717, 1.165) is 64.5 Å². The number of nitrogens with zero attached hydrogens (tertiary/aromatic N) is 4. The Bertz CT molecular complexity index is 1210. The molecule has 0 aromatic carbocycles. The lowest BCUT2D eigenvalue weighted by molar-refractivity contribution is -0.281. The Balaban J connectivity index is 1.11. The van der Waals surface area contributed by atoms with Crippen LogP contribution in [-0.4, -0.2) is 165 Å². The van der Waals surface area contributed by atoms with Crippen LogP contribution in [0.2, 0.25) is 0 Å².